The van der Waals surface area contributed by atoms with Crippen molar-refractivity contribution in [3.63, 3.8) is 0 Å². The number of nitrogens with zero attached hydrogens (tertiary/aromatic N) is 7. The first kappa shape index (κ1) is 24.3. The van der Waals surface area contributed by atoms with Gasteiger partial charge in [-0.2, -0.15) is 0 Å². The van der Waals surface area contributed by atoms with E-state index < -0.39 is 11.4 Å². The molecule has 0 saturated carbocycles. The molecule has 0 aliphatic carbocycles. The number of aromatic nitrogens is 6. The minimum Gasteiger partial charge on any atom is -0.457 e. The molecule has 2 N–H and O–H groups in total. The van der Waals surface area contributed by atoms with Crippen molar-refractivity contribution >= 4 is 39.5 Å². The highest BCUT2D eigenvalue weighted by Gasteiger charge is 2.19. The fraction of sp³-hybridized carbons (Fsp3) is 0.269. The average molecular weight is 503 g/mol. The molecule has 5 aromatic rings. The van der Waals surface area contributed by atoms with E-state index in [2.05, 4.69) is 30.2 Å². The van der Waals surface area contributed by atoms with Crippen LogP contribution in [-0.4, -0.2) is 53.8 Å². The molecule has 11 heteroatoms. The number of rotatable bonds is 7. The molecule has 37 heavy (non-hydrogen) atoms. The zero-order valence-electron chi connectivity index (χ0n) is 21.2. The van der Waals surface area contributed by atoms with Crippen molar-refractivity contribution in [2.45, 2.75) is 26.4 Å². The Balaban J connectivity index is 1.42. The third kappa shape index (κ3) is 5.12. The molecule has 0 unspecified atom stereocenters. The number of fused-ring (bicyclic) bond motifs is 2. The van der Waals surface area contributed by atoms with Gasteiger partial charge in [-0.15, -0.1) is 0 Å². The molecule has 3 heterocycles. The summed E-state index contributed by atoms with van der Waals surface area (Å²) in [7, 11) is 3.70. The predicted molar refractivity (Wildman–Crippen MR) is 140 cm³/mol. The zero-order chi connectivity index (χ0) is 26.3. The molecule has 2 aromatic carbocycles. The van der Waals surface area contributed by atoms with Gasteiger partial charge in [-0.25, -0.2) is 29.3 Å². The van der Waals surface area contributed by atoms with Crippen LogP contribution < -0.4 is 15.0 Å². The first-order chi connectivity index (χ1) is 17.6. The second kappa shape index (κ2) is 9.25. The van der Waals surface area contributed by atoms with Gasteiger partial charge >= 0.3 is 0 Å². The molecular weight excluding hydrogens is 475 g/mol. The van der Waals surface area contributed by atoms with Crippen LogP contribution in [0.1, 0.15) is 19.4 Å². The van der Waals surface area contributed by atoms with Crippen molar-refractivity contribution in [1.29, 1.82) is 0 Å². The Morgan fingerprint density at radius 3 is 2.70 bits per heavy atom. The number of imidazole rings is 1. The maximum atomic E-state index is 15.2. The Morgan fingerprint density at radius 1 is 1.11 bits per heavy atom. The third-order valence-electron chi connectivity index (χ3n) is 5.77. The number of hydrogen-bond donors (Lipinski definition) is 2. The fourth-order valence-corrected chi connectivity index (χ4v) is 4.07. The lowest BCUT2D eigenvalue weighted by molar-refractivity contribution is 0.0883. The van der Waals surface area contributed by atoms with Gasteiger partial charge in [0.05, 0.1) is 34.8 Å². The Kier molecular flexibility index (Phi) is 6.08. The Labute approximate surface area is 212 Å². The van der Waals surface area contributed by atoms with E-state index in [1.807, 2.05) is 36.7 Å². The summed E-state index contributed by atoms with van der Waals surface area (Å²) >= 11 is 0. The van der Waals surface area contributed by atoms with Crippen LogP contribution in [0.5, 0.6) is 11.5 Å². The van der Waals surface area contributed by atoms with Crippen LogP contribution >= 0.6 is 0 Å². The van der Waals surface area contributed by atoms with Crippen LogP contribution in [0.15, 0.2) is 49.2 Å². The van der Waals surface area contributed by atoms with E-state index in [0.29, 0.717) is 40.8 Å². The van der Waals surface area contributed by atoms with E-state index in [1.165, 1.54) is 12.4 Å². The Bertz CT molecular complexity index is 1610. The van der Waals surface area contributed by atoms with E-state index in [9.17, 15) is 5.11 Å². The van der Waals surface area contributed by atoms with Crippen molar-refractivity contribution in [2.24, 2.45) is 7.05 Å². The molecule has 0 saturated heterocycles. The monoisotopic (exact) mass is 502 g/mol. The quantitative estimate of drug-likeness (QED) is 0.332. The summed E-state index contributed by atoms with van der Waals surface area (Å²) in [5.74, 6) is 1.16. The fourth-order valence-electron chi connectivity index (χ4n) is 4.07. The number of nitrogens with one attached hydrogen (secondary N) is 1. The van der Waals surface area contributed by atoms with Gasteiger partial charge in [0.2, 0.25) is 5.95 Å². The number of halogens is 1. The molecule has 0 spiro atoms. The summed E-state index contributed by atoms with van der Waals surface area (Å²) in [6.45, 7) is 5.56. The highest BCUT2D eigenvalue weighted by Crippen LogP contribution is 2.33. The number of anilines is 3. The van der Waals surface area contributed by atoms with Crippen LogP contribution in [0.25, 0.3) is 22.1 Å². The molecule has 3 aromatic heterocycles. The van der Waals surface area contributed by atoms with E-state index in [0.717, 1.165) is 16.6 Å². The van der Waals surface area contributed by atoms with Gasteiger partial charge in [0, 0.05) is 32.8 Å². The van der Waals surface area contributed by atoms with E-state index in [-0.39, 0.29) is 5.69 Å². The van der Waals surface area contributed by atoms with Crippen molar-refractivity contribution in [1.82, 2.24) is 29.5 Å². The highest BCUT2D eigenvalue weighted by molar-refractivity contribution is 5.87. The summed E-state index contributed by atoms with van der Waals surface area (Å²) in [5, 5.41) is 13.2. The topological polar surface area (TPSA) is 114 Å². The molecule has 0 aliphatic heterocycles. The summed E-state index contributed by atoms with van der Waals surface area (Å²) < 4.78 is 23.1. The largest absolute Gasteiger partial charge is 0.457 e. The molecule has 0 radical (unpaired) electrons. The summed E-state index contributed by atoms with van der Waals surface area (Å²) in [6.07, 6.45) is 4.67. The molecule has 0 bridgehead atoms. The lowest BCUT2D eigenvalue weighted by atomic mass is 10.1. The zero-order valence-corrected chi connectivity index (χ0v) is 21.2. The van der Waals surface area contributed by atoms with Crippen molar-refractivity contribution in [3.8, 4) is 11.5 Å². The first-order valence-corrected chi connectivity index (χ1v) is 11.6. The van der Waals surface area contributed by atoms with Crippen LogP contribution in [0.4, 0.5) is 21.8 Å². The summed E-state index contributed by atoms with van der Waals surface area (Å²) in [5.41, 5.74) is 2.70. The normalized spacial score (nSPS) is 11.8. The van der Waals surface area contributed by atoms with E-state index in [1.54, 1.807) is 44.4 Å². The number of hydrogen-bond acceptors (Lipinski definition) is 9. The van der Waals surface area contributed by atoms with Crippen molar-refractivity contribution in [2.75, 3.05) is 23.8 Å². The van der Waals surface area contributed by atoms with Crippen molar-refractivity contribution in [3.05, 3.63) is 60.6 Å². The Morgan fingerprint density at radius 2 is 1.92 bits per heavy atom. The predicted octanol–water partition coefficient (Wildman–Crippen LogP) is 4.50. The number of aliphatic hydroxyl groups is 1. The molecule has 0 aliphatic rings. The van der Waals surface area contributed by atoms with Crippen LogP contribution in [0.3, 0.4) is 0 Å². The van der Waals surface area contributed by atoms with Gasteiger partial charge in [0.15, 0.2) is 5.82 Å². The molecule has 10 nitrogen and oxygen atoms in total. The van der Waals surface area contributed by atoms with Gasteiger partial charge in [-0.3, -0.25) is 0 Å². The SMILES string of the molecule is Cc1cc(Nc2ncnc3cnc(N(C)CC(C)(C)O)nc23)c(F)cc1Oc1ccc2c(c1)ncn2C. The lowest BCUT2D eigenvalue weighted by Gasteiger charge is -2.25. The van der Waals surface area contributed by atoms with E-state index in [4.69, 9.17) is 4.74 Å². The summed E-state index contributed by atoms with van der Waals surface area (Å²) in [4.78, 5) is 23.5. The molecule has 5 rings (SSSR count). The van der Waals surface area contributed by atoms with Crippen LogP contribution in [-0.2, 0) is 7.05 Å². The van der Waals surface area contributed by atoms with Gasteiger partial charge in [0.25, 0.3) is 0 Å². The first-order valence-electron chi connectivity index (χ1n) is 11.6. The number of aryl methyl sites for hydroxylation is 2. The van der Waals surface area contributed by atoms with Gasteiger partial charge < -0.3 is 24.6 Å². The van der Waals surface area contributed by atoms with Crippen LogP contribution in [0, 0.1) is 12.7 Å². The maximum Gasteiger partial charge on any atom is 0.225 e. The second-order valence-electron chi connectivity index (χ2n) is 9.63. The highest BCUT2D eigenvalue weighted by atomic mass is 19.1. The number of benzene rings is 2. The number of likely N-dealkylation sites (N-methyl/N-ethyl adjacent to an activating group) is 1. The van der Waals surface area contributed by atoms with E-state index >= 15 is 4.39 Å². The smallest absolute Gasteiger partial charge is 0.225 e. The van der Waals surface area contributed by atoms with Crippen LogP contribution in [0.2, 0.25) is 0 Å². The minimum absolute atomic E-state index is 0.218. The second-order valence-corrected chi connectivity index (χ2v) is 9.63. The maximum absolute atomic E-state index is 15.2. The van der Waals surface area contributed by atoms with Gasteiger partial charge in [-0.05, 0) is 44.5 Å². The Hall–Kier alpha value is -4.38. The molecule has 190 valence electrons. The molecule has 0 fully saturated rings. The minimum atomic E-state index is -0.935. The molecule has 0 amide bonds. The summed E-state index contributed by atoms with van der Waals surface area (Å²) in [6, 6.07) is 8.54. The van der Waals surface area contributed by atoms with Crippen molar-refractivity contribution < 1.29 is 14.2 Å². The molecule has 0 atom stereocenters. The van der Waals surface area contributed by atoms with Gasteiger partial charge in [-0.1, -0.05) is 0 Å². The third-order valence-corrected chi connectivity index (χ3v) is 5.77. The average Bonchev–Trinajstić information content (AvgIpc) is 3.21. The standard InChI is InChI=1S/C26H27FN8O2/c1-15-8-18(17(27)10-22(15)37-16-6-7-21-19(9-16)31-14-35(21)5)32-24-23-20(29-13-30-24)11-28-25(33-23)34(4)12-26(2,3)36/h6-11,13-14,36H,12H2,1-5H3,(H,29,30,32). The van der Waals surface area contributed by atoms with Gasteiger partial charge in [0.1, 0.15) is 34.7 Å². The molecular formula is C26H27FN8O2. The lowest BCUT2D eigenvalue weighted by Crippen LogP contribution is -2.37. The number of ether oxygens (including phenoxy) is 1.